The first-order chi connectivity index (χ1) is 22.0. The molecule has 2 aliphatic rings. The minimum absolute atomic E-state index is 0.0367. The lowest BCUT2D eigenvalue weighted by Gasteiger charge is -2.05. The van der Waals surface area contributed by atoms with Crippen molar-refractivity contribution in [3.63, 3.8) is 0 Å². The third-order valence-electron chi connectivity index (χ3n) is 8.22. The van der Waals surface area contributed by atoms with Gasteiger partial charge in [-0.05, 0) is 98.2 Å². The fraction of sp³-hybridized carbons (Fsp3) is 0.235. The molecule has 0 spiro atoms. The number of hydrogen-bond acceptors (Lipinski definition) is 5. The van der Waals surface area contributed by atoms with Crippen LogP contribution < -0.4 is 0 Å². The normalized spacial score (nSPS) is 12.9. The van der Waals surface area contributed by atoms with Gasteiger partial charge >= 0.3 is 19.8 Å². The van der Waals surface area contributed by atoms with Gasteiger partial charge < -0.3 is 34.9 Å². The number of aliphatic carboxylic acids is 2. The SMILES string of the molecule is C=Cc1c(C)c2cc3[nH]c(cc4nc(cc5nc(cc1[nH]2)C(C)=C5CCC(=O)O)C(CCC(=O)O)=C4C)c(C)c3C=C.O=P(O)(O)O. The van der Waals surface area contributed by atoms with Crippen LogP contribution in [0.1, 0.15) is 84.6 Å². The molecule has 0 fully saturated rings. The Kier molecular flexibility index (Phi) is 10.3. The van der Waals surface area contributed by atoms with E-state index in [1.165, 1.54) is 0 Å². The predicted molar refractivity (Wildman–Crippen MR) is 184 cm³/mol. The van der Waals surface area contributed by atoms with Crippen molar-refractivity contribution in [2.24, 2.45) is 0 Å². The van der Waals surface area contributed by atoms with Crippen molar-refractivity contribution in [3.05, 3.63) is 82.5 Å². The van der Waals surface area contributed by atoms with Crippen LogP contribution in [-0.4, -0.2) is 56.8 Å². The summed E-state index contributed by atoms with van der Waals surface area (Å²) < 4.78 is 8.88. The molecule has 0 radical (unpaired) electrons. The number of aryl methyl sites for hydroxylation is 2. The molecule has 12 nitrogen and oxygen atoms in total. The number of fused-ring (bicyclic) bond motifs is 8. The van der Waals surface area contributed by atoms with E-state index in [9.17, 15) is 19.8 Å². The third-order valence-corrected chi connectivity index (χ3v) is 8.22. The van der Waals surface area contributed by atoms with Gasteiger partial charge in [-0.3, -0.25) is 9.59 Å². The molecule has 7 N–H and O–H groups in total. The highest BCUT2D eigenvalue weighted by molar-refractivity contribution is 7.45. The fourth-order valence-electron chi connectivity index (χ4n) is 5.77. The van der Waals surface area contributed by atoms with E-state index in [0.29, 0.717) is 24.2 Å². The van der Waals surface area contributed by atoms with Crippen LogP contribution in [0.15, 0.2) is 37.4 Å². The van der Waals surface area contributed by atoms with E-state index < -0.39 is 19.8 Å². The molecule has 0 unspecified atom stereocenters. The lowest BCUT2D eigenvalue weighted by Crippen LogP contribution is -1.97. The number of nitrogens with zero attached hydrogens (tertiary/aromatic N) is 2. The van der Waals surface area contributed by atoms with Gasteiger partial charge in [0.1, 0.15) is 0 Å². The van der Waals surface area contributed by atoms with Crippen molar-refractivity contribution < 1.29 is 39.0 Å². The standard InChI is InChI=1S/C34H34N4O4.H3O4P/c1-7-21-17(3)25-13-26-19(5)23(9-11-33(39)40)31(37-26)16-32-24(10-12-34(41)42)20(6)28(38-32)15-30-22(8-2)18(4)27(36-30)14-29(21)35-25;1-5(2,3)4/h7-8,13-16,35-36H,1-2,9-12H2,3-6H3,(H,39,40)(H,41,42);(H3,1,2,3,4). The first-order valence-corrected chi connectivity index (χ1v) is 16.2. The minimum Gasteiger partial charge on any atom is -0.481 e. The van der Waals surface area contributed by atoms with Gasteiger partial charge in [-0.2, -0.15) is 0 Å². The van der Waals surface area contributed by atoms with Crippen molar-refractivity contribution >= 4 is 76.3 Å². The molecule has 3 aromatic rings. The monoisotopic (exact) mass is 660 g/mol. The second-order valence-corrected chi connectivity index (χ2v) is 12.3. The second kappa shape index (κ2) is 13.9. The summed E-state index contributed by atoms with van der Waals surface area (Å²) in [5.41, 5.74) is 13.7. The summed E-state index contributed by atoms with van der Waals surface area (Å²) in [6.45, 7) is 16.1. The summed E-state index contributed by atoms with van der Waals surface area (Å²) in [7, 11) is -4.64. The highest BCUT2D eigenvalue weighted by Gasteiger charge is 2.22. The molecule has 8 bridgehead atoms. The Morgan fingerprint density at radius 2 is 1.04 bits per heavy atom. The zero-order valence-corrected chi connectivity index (χ0v) is 27.4. The molecule has 13 heteroatoms. The molecule has 0 aromatic carbocycles. The number of nitrogens with one attached hydrogen (secondary N) is 2. The number of carbonyl (C=O) groups is 2. The Labute approximate surface area is 270 Å². The van der Waals surface area contributed by atoms with E-state index in [-0.39, 0.29) is 12.8 Å². The number of aromatic nitrogens is 4. The molecular formula is C34H37N4O8P. The number of hydrogen-bond donors (Lipinski definition) is 7. The summed E-state index contributed by atoms with van der Waals surface area (Å²) in [4.78, 5) is 61.6. The molecule has 0 atom stereocenters. The molecule has 0 saturated heterocycles. The van der Waals surface area contributed by atoms with Gasteiger partial charge in [0.2, 0.25) is 0 Å². The summed E-state index contributed by atoms with van der Waals surface area (Å²) in [6.07, 6.45) is 4.20. The second-order valence-electron chi connectivity index (χ2n) is 11.2. The van der Waals surface area contributed by atoms with Gasteiger partial charge in [0.05, 0.1) is 22.8 Å². The quantitative estimate of drug-likeness (QED) is 0.125. The first-order valence-electron chi connectivity index (χ1n) is 14.6. The number of aromatic amines is 2. The molecule has 5 heterocycles. The molecule has 0 saturated carbocycles. The van der Waals surface area contributed by atoms with Crippen LogP contribution in [0.5, 0.6) is 0 Å². The Balaban J connectivity index is 0.000000930. The molecule has 246 valence electrons. The predicted octanol–water partition coefficient (Wildman–Crippen LogP) is 6.88. The van der Waals surface area contributed by atoms with Gasteiger partial charge in [-0.25, -0.2) is 14.5 Å². The molecule has 3 aromatic heterocycles. The number of H-pyrrole nitrogens is 2. The van der Waals surface area contributed by atoms with Crippen molar-refractivity contribution in [2.75, 3.05) is 0 Å². The summed E-state index contributed by atoms with van der Waals surface area (Å²) >= 11 is 0. The van der Waals surface area contributed by atoms with Crippen LogP contribution in [0.3, 0.4) is 0 Å². The van der Waals surface area contributed by atoms with Gasteiger partial charge in [-0.1, -0.05) is 25.3 Å². The largest absolute Gasteiger partial charge is 0.481 e. The van der Waals surface area contributed by atoms with Gasteiger partial charge in [0.15, 0.2) is 0 Å². The van der Waals surface area contributed by atoms with E-state index in [1.807, 2.05) is 58.0 Å². The third kappa shape index (κ3) is 7.93. The molecule has 0 amide bonds. The van der Waals surface area contributed by atoms with Crippen molar-refractivity contribution in [2.45, 2.75) is 53.4 Å². The summed E-state index contributed by atoms with van der Waals surface area (Å²) in [5.74, 6) is -1.78. The first kappa shape index (κ1) is 35.0. The van der Waals surface area contributed by atoms with Crippen molar-refractivity contribution in [1.82, 2.24) is 19.9 Å². The van der Waals surface area contributed by atoms with Gasteiger partial charge in [0, 0.05) is 46.0 Å². The van der Waals surface area contributed by atoms with Crippen LogP contribution in [0.4, 0.5) is 0 Å². The van der Waals surface area contributed by atoms with E-state index in [4.69, 9.17) is 29.2 Å². The highest BCUT2D eigenvalue weighted by Crippen LogP contribution is 2.38. The molecule has 5 rings (SSSR count). The van der Waals surface area contributed by atoms with Gasteiger partial charge in [-0.15, -0.1) is 0 Å². The average molecular weight is 661 g/mol. The maximum Gasteiger partial charge on any atom is 0.466 e. The Morgan fingerprint density at radius 1 is 0.681 bits per heavy atom. The molecule has 47 heavy (non-hydrogen) atoms. The summed E-state index contributed by atoms with van der Waals surface area (Å²) in [5, 5.41) is 18.9. The Hall–Kier alpha value is -4.87. The molecule has 2 aliphatic heterocycles. The Bertz CT molecular complexity index is 2090. The smallest absolute Gasteiger partial charge is 0.466 e. The fourth-order valence-corrected chi connectivity index (χ4v) is 5.77. The maximum absolute atomic E-state index is 11.5. The molecule has 0 aliphatic carbocycles. The van der Waals surface area contributed by atoms with Crippen molar-refractivity contribution in [3.8, 4) is 0 Å². The van der Waals surface area contributed by atoms with Crippen LogP contribution in [0.2, 0.25) is 0 Å². The topological polar surface area (TPSA) is 210 Å². The lowest BCUT2D eigenvalue weighted by molar-refractivity contribution is -0.137. The number of rotatable bonds is 8. The van der Waals surface area contributed by atoms with Crippen LogP contribution in [-0.2, 0) is 14.2 Å². The van der Waals surface area contributed by atoms with E-state index in [1.54, 1.807) is 0 Å². The number of phosphoric acid groups is 1. The lowest BCUT2D eigenvalue weighted by atomic mass is 9.98. The van der Waals surface area contributed by atoms with E-state index in [2.05, 4.69) is 29.2 Å². The van der Waals surface area contributed by atoms with Crippen LogP contribution in [0, 0.1) is 13.8 Å². The van der Waals surface area contributed by atoms with E-state index >= 15 is 0 Å². The Morgan fingerprint density at radius 3 is 1.43 bits per heavy atom. The highest BCUT2D eigenvalue weighted by atomic mass is 31.2. The minimum atomic E-state index is -4.64. The van der Waals surface area contributed by atoms with Gasteiger partial charge in [0.25, 0.3) is 0 Å². The van der Waals surface area contributed by atoms with E-state index in [0.717, 1.165) is 78.0 Å². The van der Waals surface area contributed by atoms with Crippen molar-refractivity contribution in [1.29, 1.82) is 0 Å². The number of allylic oxidation sites excluding steroid dienone is 4. The zero-order chi connectivity index (χ0) is 34.8. The number of carboxylic acids is 2. The number of carboxylic acid groups (broad SMARTS) is 2. The summed E-state index contributed by atoms with van der Waals surface area (Å²) in [6, 6.07) is 7.88. The average Bonchev–Trinajstić information content (AvgIpc) is 3.63. The maximum atomic E-state index is 11.5. The molecular weight excluding hydrogens is 623 g/mol. The zero-order valence-electron chi connectivity index (χ0n) is 26.5. The van der Waals surface area contributed by atoms with Crippen LogP contribution in [0.25, 0.3) is 56.5 Å². The van der Waals surface area contributed by atoms with Crippen LogP contribution >= 0.6 is 7.82 Å².